The Kier molecular flexibility index (Phi) is 5.71. The van der Waals surface area contributed by atoms with Crippen molar-refractivity contribution in [3.05, 3.63) is 18.3 Å². The minimum atomic E-state index is -3.58. The average molecular weight is 286 g/mol. The number of nitrogens with two attached hydrogens (primary N) is 1. The number of primary amides is 1. The third-order valence-corrected chi connectivity index (χ3v) is 3.74. The van der Waals surface area contributed by atoms with Gasteiger partial charge in [0.2, 0.25) is 15.9 Å². The number of hydrogen-bond donors (Lipinski definition) is 3. The summed E-state index contributed by atoms with van der Waals surface area (Å²) in [5.41, 5.74) is 4.97. The van der Waals surface area contributed by atoms with E-state index in [-0.39, 0.29) is 17.9 Å². The van der Waals surface area contributed by atoms with Crippen molar-refractivity contribution in [2.45, 2.75) is 24.7 Å². The minimum Gasteiger partial charge on any atom is -0.370 e. The van der Waals surface area contributed by atoms with Crippen molar-refractivity contribution in [2.24, 2.45) is 5.73 Å². The lowest BCUT2D eigenvalue weighted by atomic mass is 10.3. The number of amides is 1. The van der Waals surface area contributed by atoms with E-state index in [1.54, 1.807) is 6.07 Å². The summed E-state index contributed by atoms with van der Waals surface area (Å²) in [5.74, 6) is 0.172. The fourth-order valence-electron chi connectivity index (χ4n) is 1.38. The van der Waals surface area contributed by atoms with Crippen LogP contribution in [0.3, 0.4) is 0 Å². The van der Waals surface area contributed by atoms with Gasteiger partial charge in [0, 0.05) is 25.7 Å². The Morgan fingerprint density at radius 1 is 1.42 bits per heavy atom. The van der Waals surface area contributed by atoms with Gasteiger partial charge in [-0.25, -0.2) is 18.1 Å². The molecular formula is C11H18N4O3S. The number of nitrogens with one attached hydrogen (secondary N) is 2. The van der Waals surface area contributed by atoms with Crippen LogP contribution in [0.2, 0.25) is 0 Å². The molecule has 19 heavy (non-hydrogen) atoms. The van der Waals surface area contributed by atoms with Crippen molar-refractivity contribution < 1.29 is 13.2 Å². The van der Waals surface area contributed by atoms with Crippen LogP contribution in [0.15, 0.2) is 23.2 Å². The van der Waals surface area contributed by atoms with Crippen LogP contribution in [-0.2, 0) is 14.8 Å². The van der Waals surface area contributed by atoms with Crippen LogP contribution in [0.1, 0.15) is 19.8 Å². The number of sulfonamides is 1. The zero-order valence-electron chi connectivity index (χ0n) is 10.7. The van der Waals surface area contributed by atoms with Gasteiger partial charge in [-0.1, -0.05) is 0 Å². The van der Waals surface area contributed by atoms with Gasteiger partial charge in [0.05, 0.1) is 0 Å². The lowest BCUT2D eigenvalue weighted by molar-refractivity contribution is -0.118. The first-order valence-corrected chi connectivity index (χ1v) is 7.42. The third-order valence-electron chi connectivity index (χ3n) is 2.30. The summed E-state index contributed by atoms with van der Waals surface area (Å²) < 4.78 is 26.1. The quantitative estimate of drug-likeness (QED) is 0.584. The zero-order valence-corrected chi connectivity index (χ0v) is 11.5. The topological polar surface area (TPSA) is 114 Å². The number of carbonyl (C=O) groups is 1. The van der Waals surface area contributed by atoms with E-state index in [0.717, 1.165) is 0 Å². The SMILES string of the molecule is CCNc1ccc(S(=O)(=O)NCCCC(N)=O)cn1. The van der Waals surface area contributed by atoms with Gasteiger partial charge in [0.25, 0.3) is 0 Å². The summed E-state index contributed by atoms with van der Waals surface area (Å²) in [5, 5.41) is 2.97. The van der Waals surface area contributed by atoms with Gasteiger partial charge in [0.1, 0.15) is 10.7 Å². The predicted octanol–water partition coefficient (Wildman–Crippen LogP) is 0.0572. The van der Waals surface area contributed by atoms with E-state index in [0.29, 0.717) is 18.8 Å². The van der Waals surface area contributed by atoms with E-state index < -0.39 is 15.9 Å². The summed E-state index contributed by atoms with van der Waals surface area (Å²) in [7, 11) is -3.58. The molecule has 1 aromatic heterocycles. The van der Waals surface area contributed by atoms with Gasteiger partial charge in [-0.15, -0.1) is 0 Å². The monoisotopic (exact) mass is 286 g/mol. The zero-order chi connectivity index (χ0) is 14.3. The van der Waals surface area contributed by atoms with Gasteiger partial charge in [-0.2, -0.15) is 0 Å². The number of anilines is 1. The third kappa shape index (κ3) is 5.23. The Morgan fingerprint density at radius 2 is 2.16 bits per heavy atom. The molecule has 1 aromatic rings. The maximum atomic E-state index is 11.9. The van der Waals surface area contributed by atoms with Crippen molar-refractivity contribution in [3.8, 4) is 0 Å². The van der Waals surface area contributed by atoms with Crippen LogP contribution < -0.4 is 15.8 Å². The normalized spacial score (nSPS) is 11.2. The highest BCUT2D eigenvalue weighted by Crippen LogP contribution is 2.10. The van der Waals surface area contributed by atoms with Crippen LogP contribution in [0, 0.1) is 0 Å². The lowest BCUT2D eigenvalue weighted by Gasteiger charge is -2.07. The lowest BCUT2D eigenvalue weighted by Crippen LogP contribution is -2.26. The Hall–Kier alpha value is -1.67. The number of pyridine rings is 1. The van der Waals surface area contributed by atoms with Gasteiger partial charge in [0.15, 0.2) is 0 Å². The van der Waals surface area contributed by atoms with Crippen molar-refractivity contribution in [1.82, 2.24) is 9.71 Å². The molecule has 0 aliphatic carbocycles. The van der Waals surface area contributed by atoms with E-state index in [2.05, 4.69) is 15.0 Å². The fourth-order valence-corrected chi connectivity index (χ4v) is 2.40. The number of nitrogens with zero attached hydrogens (tertiary/aromatic N) is 1. The van der Waals surface area contributed by atoms with E-state index >= 15 is 0 Å². The fraction of sp³-hybridized carbons (Fsp3) is 0.455. The number of hydrogen-bond acceptors (Lipinski definition) is 5. The molecule has 0 aliphatic heterocycles. The van der Waals surface area contributed by atoms with Crippen molar-refractivity contribution in [2.75, 3.05) is 18.4 Å². The van der Waals surface area contributed by atoms with Crippen molar-refractivity contribution >= 4 is 21.7 Å². The second-order valence-electron chi connectivity index (χ2n) is 3.88. The van der Waals surface area contributed by atoms with Gasteiger partial charge < -0.3 is 11.1 Å². The average Bonchev–Trinajstić information content (AvgIpc) is 2.36. The molecule has 0 fully saturated rings. The second kappa shape index (κ2) is 7.05. The minimum absolute atomic E-state index is 0.0910. The van der Waals surface area contributed by atoms with Crippen LogP contribution in [0.25, 0.3) is 0 Å². The first kappa shape index (κ1) is 15.4. The van der Waals surface area contributed by atoms with Crippen LogP contribution in [-0.4, -0.2) is 32.4 Å². The van der Waals surface area contributed by atoms with Gasteiger partial charge in [-0.3, -0.25) is 4.79 Å². The Balaban J connectivity index is 2.59. The molecule has 0 unspecified atom stereocenters. The molecule has 0 saturated carbocycles. The van der Waals surface area contributed by atoms with Crippen molar-refractivity contribution in [1.29, 1.82) is 0 Å². The summed E-state index contributed by atoms with van der Waals surface area (Å²) in [6.45, 7) is 2.80. The summed E-state index contributed by atoms with van der Waals surface area (Å²) in [6, 6.07) is 3.07. The van der Waals surface area contributed by atoms with E-state index in [1.807, 2.05) is 6.92 Å². The molecule has 0 aliphatic rings. The standard InChI is InChI=1S/C11H18N4O3S/c1-2-13-11-6-5-9(8-14-11)19(17,18)15-7-3-4-10(12)16/h5-6,8,15H,2-4,7H2,1H3,(H2,12,16)(H,13,14). The van der Waals surface area contributed by atoms with E-state index in [4.69, 9.17) is 5.73 Å². The molecule has 8 heteroatoms. The number of carbonyl (C=O) groups excluding carboxylic acids is 1. The molecule has 0 saturated heterocycles. The molecule has 1 heterocycles. The number of rotatable bonds is 8. The maximum Gasteiger partial charge on any atom is 0.242 e. The van der Waals surface area contributed by atoms with Crippen molar-refractivity contribution in [3.63, 3.8) is 0 Å². The van der Waals surface area contributed by atoms with Crippen LogP contribution >= 0.6 is 0 Å². The summed E-state index contributed by atoms with van der Waals surface area (Å²) in [6.07, 6.45) is 1.81. The van der Waals surface area contributed by atoms with E-state index in [1.165, 1.54) is 12.3 Å². The van der Waals surface area contributed by atoms with E-state index in [9.17, 15) is 13.2 Å². The smallest absolute Gasteiger partial charge is 0.242 e. The first-order valence-electron chi connectivity index (χ1n) is 5.93. The predicted molar refractivity (Wildman–Crippen MR) is 72.0 cm³/mol. The highest BCUT2D eigenvalue weighted by molar-refractivity contribution is 7.89. The maximum absolute atomic E-state index is 11.9. The van der Waals surface area contributed by atoms with Gasteiger partial charge >= 0.3 is 0 Å². The molecule has 4 N–H and O–H groups in total. The molecular weight excluding hydrogens is 268 g/mol. The van der Waals surface area contributed by atoms with Crippen LogP contribution in [0.4, 0.5) is 5.82 Å². The molecule has 0 aromatic carbocycles. The first-order chi connectivity index (χ1) is 8.95. The van der Waals surface area contributed by atoms with Crippen LogP contribution in [0.5, 0.6) is 0 Å². The number of aromatic nitrogens is 1. The highest BCUT2D eigenvalue weighted by Gasteiger charge is 2.13. The summed E-state index contributed by atoms with van der Waals surface area (Å²) >= 11 is 0. The Bertz CT molecular complexity index is 513. The summed E-state index contributed by atoms with van der Waals surface area (Å²) in [4.78, 5) is 14.6. The molecule has 1 amide bonds. The largest absolute Gasteiger partial charge is 0.370 e. The molecule has 1 rings (SSSR count). The molecule has 0 radical (unpaired) electrons. The molecule has 7 nitrogen and oxygen atoms in total. The highest BCUT2D eigenvalue weighted by atomic mass is 32.2. The Morgan fingerprint density at radius 3 is 2.68 bits per heavy atom. The molecule has 0 spiro atoms. The second-order valence-corrected chi connectivity index (χ2v) is 5.64. The van der Waals surface area contributed by atoms with Gasteiger partial charge in [-0.05, 0) is 25.5 Å². The Labute approximate surface area is 112 Å². The molecule has 0 atom stereocenters. The molecule has 106 valence electrons. The molecule has 0 bridgehead atoms.